The Bertz CT molecular complexity index is 887. The molecule has 1 atom stereocenters. The fourth-order valence-corrected chi connectivity index (χ4v) is 3.44. The first-order valence-corrected chi connectivity index (χ1v) is 9.51. The van der Waals surface area contributed by atoms with Crippen LogP contribution in [-0.2, 0) is 22.6 Å². The molecule has 2 aromatic carbocycles. The topological polar surface area (TPSA) is 67.9 Å². The van der Waals surface area contributed by atoms with Crippen LogP contribution in [0, 0.1) is 11.7 Å². The van der Waals surface area contributed by atoms with E-state index in [0.29, 0.717) is 36.6 Å². The van der Waals surface area contributed by atoms with Crippen LogP contribution in [0.2, 0.25) is 0 Å². The molecule has 0 unspecified atom stereocenters. The van der Waals surface area contributed by atoms with E-state index >= 15 is 0 Å². The van der Waals surface area contributed by atoms with Crippen molar-refractivity contribution in [3.63, 3.8) is 0 Å². The zero-order valence-corrected chi connectivity index (χ0v) is 16.6. The number of hydrogen-bond acceptors (Lipinski definition) is 4. The van der Waals surface area contributed by atoms with E-state index in [9.17, 15) is 14.0 Å². The van der Waals surface area contributed by atoms with Crippen molar-refractivity contribution in [1.82, 2.24) is 10.2 Å². The Morgan fingerprint density at radius 3 is 2.66 bits per heavy atom. The van der Waals surface area contributed by atoms with E-state index in [1.54, 1.807) is 31.3 Å². The lowest BCUT2D eigenvalue weighted by atomic mass is 10.1. The molecule has 1 aliphatic rings. The number of nitrogens with one attached hydrogen (secondary N) is 1. The Morgan fingerprint density at radius 2 is 1.93 bits per heavy atom. The van der Waals surface area contributed by atoms with Crippen LogP contribution >= 0.6 is 0 Å². The van der Waals surface area contributed by atoms with E-state index in [2.05, 4.69) is 5.32 Å². The molecule has 0 aromatic heterocycles. The van der Waals surface area contributed by atoms with Gasteiger partial charge in [-0.15, -0.1) is 0 Å². The summed E-state index contributed by atoms with van der Waals surface area (Å²) in [5.41, 5.74) is 1.71. The lowest BCUT2D eigenvalue weighted by Gasteiger charge is -2.17. The molecular weight excluding hydrogens is 375 g/mol. The van der Waals surface area contributed by atoms with Crippen LogP contribution in [0.5, 0.6) is 11.5 Å². The van der Waals surface area contributed by atoms with Gasteiger partial charge < -0.3 is 19.7 Å². The number of nitrogens with zero attached hydrogens (tertiary/aromatic N) is 1. The molecule has 0 saturated carbocycles. The van der Waals surface area contributed by atoms with E-state index in [0.717, 1.165) is 5.56 Å². The Hall–Kier alpha value is -3.09. The molecule has 1 N–H and O–H groups in total. The van der Waals surface area contributed by atoms with Crippen molar-refractivity contribution in [2.45, 2.75) is 19.4 Å². The van der Waals surface area contributed by atoms with Crippen molar-refractivity contribution in [1.29, 1.82) is 0 Å². The summed E-state index contributed by atoms with van der Waals surface area (Å²) in [6, 6.07) is 11.8. The average molecular weight is 400 g/mol. The smallest absolute Gasteiger partial charge is 0.225 e. The molecule has 7 heteroatoms. The van der Waals surface area contributed by atoms with Gasteiger partial charge in [-0.3, -0.25) is 9.59 Å². The standard InChI is InChI=1S/C22H25FN2O4/c1-28-19-7-6-15(11-20(19)29-2)8-9-25-14-17(12-21(25)26)22(27)24-13-16-4-3-5-18(23)10-16/h3-7,10-11,17H,8-9,12-14H2,1-2H3,(H,24,27)/t17-/m0/s1. The number of amides is 2. The number of benzene rings is 2. The highest BCUT2D eigenvalue weighted by Gasteiger charge is 2.33. The minimum Gasteiger partial charge on any atom is -0.493 e. The number of carbonyl (C=O) groups excluding carboxylic acids is 2. The summed E-state index contributed by atoms with van der Waals surface area (Å²) in [4.78, 5) is 26.4. The molecule has 29 heavy (non-hydrogen) atoms. The molecule has 0 aliphatic carbocycles. The van der Waals surface area contributed by atoms with Gasteiger partial charge in [-0.25, -0.2) is 4.39 Å². The molecule has 2 aromatic rings. The normalized spacial score (nSPS) is 16.0. The molecule has 6 nitrogen and oxygen atoms in total. The monoisotopic (exact) mass is 400 g/mol. The third kappa shape index (κ3) is 5.25. The number of methoxy groups -OCH3 is 2. The third-order valence-electron chi connectivity index (χ3n) is 5.06. The second kappa shape index (κ2) is 9.41. The van der Waals surface area contributed by atoms with E-state index in [4.69, 9.17) is 9.47 Å². The quantitative estimate of drug-likeness (QED) is 0.740. The second-order valence-corrected chi connectivity index (χ2v) is 7.03. The van der Waals surface area contributed by atoms with Gasteiger partial charge >= 0.3 is 0 Å². The molecule has 1 aliphatic heterocycles. The highest BCUT2D eigenvalue weighted by Crippen LogP contribution is 2.28. The first kappa shape index (κ1) is 20.6. The van der Waals surface area contributed by atoms with Crippen LogP contribution in [0.15, 0.2) is 42.5 Å². The van der Waals surface area contributed by atoms with Crippen LogP contribution in [0.1, 0.15) is 17.5 Å². The Labute approximate surface area is 169 Å². The van der Waals surface area contributed by atoms with E-state index in [1.807, 2.05) is 18.2 Å². The molecule has 1 heterocycles. The summed E-state index contributed by atoms with van der Waals surface area (Å²) in [5, 5.41) is 2.80. The highest BCUT2D eigenvalue weighted by atomic mass is 19.1. The number of rotatable bonds is 8. The van der Waals surface area contributed by atoms with Gasteiger partial charge in [0.25, 0.3) is 0 Å². The molecule has 3 rings (SSSR count). The molecular formula is C22H25FN2O4. The number of halogens is 1. The zero-order chi connectivity index (χ0) is 20.8. The molecule has 1 saturated heterocycles. The van der Waals surface area contributed by atoms with Crippen molar-refractivity contribution < 1.29 is 23.5 Å². The van der Waals surface area contributed by atoms with E-state index in [-0.39, 0.29) is 36.5 Å². The van der Waals surface area contributed by atoms with Crippen LogP contribution in [-0.4, -0.2) is 44.0 Å². The summed E-state index contributed by atoms with van der Waals surface area (Å²) in [6.07, 6.45) is 0.852. The van der Waals surface area contributed by atoms with Crippen molar-refractivity contribution in [2.24, 2.45) is 5.92 Å². The van der Waals surface area contributed by atoms with Gasteiger partial charge in [0, 0.05) is 26.1 Å². The van der Waals surface area contributed by atoms with Crippen molar-refractivity contribution in [3.8, 4) is 11.5 Å². The predicted octanol–water partition coefficient (Wildman–Crippen LogP) is 2.55. The van der Waals surface area contributed by atoms with Gasteiger partial charge in [0.1, 0.15) is 5.82 Å². The van der Waals surface area contributed by atoms with E-state index < -0.39 is 0 Å². The van der Waals surface area contributed by atoms with Gasteiger partial charge in [0.2, 0.25) is 11.8 Å². The summed E-state index contributed by atoms with van der Waals surface area (Å²) < 4.78 is 23.8. The van der Waals surface area contributed by atoms with Crippen LogP contribution in [0.4, 0.5) is 4.39 Å². The minimum absolute atomic E-state index is 0.0311. The second-order valence-electron chi connectivity index (χ2n) is 7.03. The summed E-state index contributed by atoms with van der Waals surface area (Å²) in [5.74, 6) is 0.360. The lowest BCUT2D eigenvalue weighted by molar-refractivity contribution is -0.129. The van der Waals surface area contributed by atoms with Gasteiger partial charge in [-0.2, -0.15) is 0 Å². The molecule has 154 valence electrons. The zero-order valence-electron chi connectivity index (χ0n) is 16.6. The lowest BCUT2D eigenvalue weighted by Crippen LogP contribution is -2.33. The Morgan fingerprint density at radius 1 is 1.14 bits per heavy atom. The van der Waals surface area contributed by atoms with Gasteiger partial charge in [-0.1, -0.05) is 18.2 Å². The molecule has 0 radical (unpaired) electrons. The minimum atomic E-state index is -0.388. The molecule has 1 fully saturated rings. The van der Waals surface area contributed by atoms with Gasteiger partial charge in [0.05, 0.1) is 20.1 Å². The first-order valence-electron chi connectivity index (χ1n) is 9.51. The molecule has 0 spiro atoms. The highest BCUT2D eigenvalue weighted by molar-refractivity contribution is 5.89. The van der Waals surface area contributed by atoms with Crippen molar-refractivity contribution >= 4 is 11.8 Å². The Kier molecular flexibility index (Phi) is 6.69. The van der Waals surface area contributed by atoms with Gasteiger partial charge in [0.15, 0.2) is 11.5 Å². The van der Waals surface area contributed by atoms with Crippen LogP contribution in [0.3, 0.4) is 0 Å². The summed E-state index contributed by atoms with van der Waals surface area (Å²) in [6.45, 7) is 1.16. The first-order chi connectivity index (χ1) is 14.0. The average Bonchev–Trinajstić information content (AvgIpc) is 3.11. The SMILES string of the molecule is COc1ccc(CCN2C[C@@H](C(=O)NCc3cccc(F)c3)CC2=O)cc1OC. The predicted molar refractivity (Wildman–Crippen MR) is 106 cm³/mol. The number of ether oxygens (including phenoxy) is 2. The number of likely N-dealkylation sites (tertiary alicyclic amines) is 1. The fraction of sp³-hybridized carbons (Fsp3) is 0.364. The maximum atomic E-state index is 13.2. The fourth-order valence-electron chi connectivity index (χ4n) is 3.44. The van der Waals surface area contributed by atoms with Crippen molar-refractivity contribution in [2.75, 3.05) is 27.3 Å². The van der Waals surface area contributed by atoms with Gasteiger partial charge in [-0.05, 0) is 41.8 Å². The number of hydrogen-bond donors (Lipinski definition) is 1. The summed E-state index contributed by atoms with van der Waals surface area (Å²) in [7, 11) is 3.17. The number of carbonyl (C=O) groups is 2. The maximum absolute atomic E-state index is 13.2. The largest absolute Gasteiger partial charge is 0.493 e. The summed E-state index contributed by atoms with van der Waals surface area (Å²) >= 11 is 0. The van der Waals surface area contributed by atoms with Crippen LogP contribution < -0.4 is 14.8 Å². The third-order valence-corrected chi connectivity index (χ3v) is 5.06. The van der Waals surface area contributed by atoms with Crippen LogP contribution in [0.25, 0.3) is 0 Å². The van der Waals surface area contributed by atoms with E-state index in [1.165, 1.54) is 12.1 Å². The maximum Gasteiger partial charge on any atom is 0.225 e. The Balaban J connectivity index is 1.51. The molecule has 2 amide bonds. The van der Waals surface area contributed by atoms with Crippen molar-refractivity contribution in [3.05, 3.63) is 59.4 Å². The molecule has 0 bridgehead atoms.